The van der Waals surface area contributed by atoms with Gasteiger partial charge in [0.15, 0.2) is 0 Å². The molecule has 0 aliphatic carbocycles. The highest BCUT2D eigenvalue weighted by atomic mass is 35.5. The maximum Gasteiger partial charge on any atom is 0.275 e. The van der Waals surface area contributed by atoms with E-state index in [1.54, 1.807) is 0 Å². The van der Waals surface area contributed by atoms with Gasteiger partial charge in [-0.25, -0.2) is 4.39 Å². The summed E-state index contributed by atoms with van der Waals surface area (Å²) < 4.78 is 13.1. The molecule has 0 radical (unpaired) electrons. The van der Waals surface area contributed by atoms with Gasteiger partial charge < -0.3 is 5.32 Å². The Hall–Kier alpha value is -2.36. The van der Waals surface area contributed by atoms with Crippen molar-refractivity contribution in [2.24, 2.45) is 0 Å². The van der Waals surface area contributed by atoms with E-state index in [1.807, 2.05) is 6.07 Å². The first-order valence-corrected chi connectivity index (χ1v) is 6.73. The van der Waals surface area contributed by atoms with Gasteiger partial charge in [0.25, 0.3) is 5.69 Å². The Bertz CT molecular complexity index is 777. The number of nitrogens with zero attached hydrogens (tertiary/aromatic N) is 2. The third-order valence-corrected chi connectivity index (χ3v) is 3.38. The molecule has 5 nitrogen and oxygen atoms in total. The molecule has 0 bridgehead atoms. The lowest BCUT2D eigenvalue weighted by atomic mass is 10.1. The van der Waals surface area contributed by atoms with Gasteiger partial charge in [-0.05, 0) is 30.3 Å². The molecular weight excluding hydrogens is 332 g/mol. The van der Waals surface area contributed by atoms with E-state index in [4.69, 9.17) is 23.2 Å². The molecule has 0 heterocycles. The molecule has 0 aliphatic heterocycles. The van der Waals surface area contributed by atoms with Crippen LogP contribution in [0.3, 0.4) is 0 Å². The van der Waals surface area contributed by atoms with Crippen LogP contribution in [-0.4, -0.2) is 4.92 Å². The summed E-state index contributed by atoms with van der Waals surface area (Å²) in [7, 11) is 0. The quantitative estimate of drug-likeness (QED) is 0.645. The second kappa shape index (κ2) is 6.60. The van der Waals surface area contributed by atoms with E-state index in [2.05, 4.69) is 5.32 Å². The summed E-state index contributed by atoms with van der Waals surface area (Å²) in [5, 5.41) is 23.2. The van der Waals surface area contributed by atoms with Crippen molar-refractivity contribution in [3.05, 3.63) is 67.9 Å². The third kappa shape index (κ3) is 3.45. The topological polar surface area (TPSA) is 79.0 Å². The van der Waals surface area contributed by atoms with Gasteiger partial charge in [-0.15, -0.1) is 0 Å². The van der Waals surface area contributed by atoms with Crippen molar-refractivity contribution in [3.63, 3.8) is 0 Å². The molecule has 0 saturated carbocycles. The first-order chi connectivity index (χ1) is 10.4. The Morgan fingerprint density at radius 3 is 2.59 bits per heavy atom. The van der Waals surface area contributed by atoms with Gasteiger partial charge in [0.1, 0.15) is 11.9 Å². The number of benzene rings is 2. The fourth-order valence-electron chi connectivity index (χ4n) is 1.86. The molecule has 1 atom stereocenters. The molecule has 8 heteroatoms. The molecule has 2 aromatic carbocycles. The summed E-state index contributed by atoms with van der Waals surface area (Å²) in [6.07, 6.45) is 0. The van der Waals surface area contributed by atoms with Crippen molar-refractivity contribution in [2.45, 2.75) is 6.04 Å². The lowest BCUT2D eigenvalue weighted by Gasteiger charge is -2.14. The zero-order valence-corrected chi connectivity index (χ0v) is 12.4. The van der Waals surface area contributed by atoms with Gasteiger partial charge in [-0.3, -0.25) is 10.1 Å². The lowest BCUT2D eigenvalue weighted by molar-refractivity contribution is -0.385. The van der Waals surface area contributed by atoms with Crippen molar-refractivity contribution < 1.29 is 9.31 Å². The fraction of sp³-hybridized carbons (Fsp3) is 0.0714. The Morgan fingerprint density at radius 2 is 2.00 bits per heavy atom. The highest BCUT2D eigenvalue weighted by Gasteiger charge is 2.22. The van der Waals surface area contributed by atoms with Crippen LogP contribution in [0.25, 0.3) is 0 Å². The maximum absolute atomic E-state index is 13.1. The van der Waals surface area contributed by atoms with E-state index in [0.717, 1.165) is 6.07 Å². The van der Waals surface area contributed by atoms with Crippen molar-refractivity contribution >= 4 is 34.6 Å². The van der Waals surface area contributed by atoms with E-state index >= 15 is 0 Å². The lowest BCUT2D eigenvalue weighted by Crippen LogP contribution is -2.11. The number of hydrogen-bond acceptors (Lipinski definition) is 4. The first kappa shape index (κ1) is 16.0. The zero-order chi connectivity index (χ0) is 16.3. The summed E-state index contributed by atoms with van der Waals surface area (Å²) in [4.78, 5) is 10.5. The van der Waals surface area contributed by atoms with Gasteiger partial charge in [-0.2, -0.15) is 5.26 Å². The van der Waals surface area contributed by atoms with Gasteiger partial charge in [0.05, 0.1) is 21.6 Å². The Labute approximate surface area is 135 Å². The van der Waals surface area contributed by atoms with Crippen molar-refractivity contribution in [2.75, 3.05) is 5.32 Å². The number of anilines is 1. The van der Waals surface area contributed by atoms with Crippen molar-refractivity contribution in [1.29, 1.82) is 5.26 Å². The van der Waals surface area contributed by atoms with Crippen LogP contribution in [0.2, 0.25) is 10.0 Å². The summed E-state index contributed by atoms with van der Waals surface area (Å²) in [6.45, 7) is 0. The SMILES string of the molecule is N#CC(Nc1ccc(F)c(Cl)c1)c1cc(Cl)ccc1[N+](=O)[O-]. The van der Waals surface area contributed by atoms with Crippen LogP contribution in [0.4, 0.5) is 15.8 Å². The zero-order valence-electron chi connectivity index (χ0n) is 10.9. The van der Waals surface area contributed by atoms with Crippen molar-refractivity contribution in [3.8, 4) is 6.07 Å². The number of nitrogens with one attached hydrogen (secondary N) is 1. The van der Waals surface area contributed by atoms with Crippen LogP contribution in [0.5, 0.6) is 0 Å². The summed E-state index contributed by atoms with van der Waals surface area (Å²) in [5.41, 5.74) is 0.226. The standard InChI is InChI=1S/C14H8Cl2FN3O2/c15-8-1-4-14(20(21)22)10(5-8)13(7-18)19-9-2-3-12(17)11(16)6-9/h1-6,13,19H. The van der Waals surface area contributed by atoms with Crippen LogP contribution >= 0.6 is 23.2 Å². The van der Waals surface area contributed by atoms with E-state index in [9.17, 15) is 19.8 Å². The Balaban J connectivity index is 2.40. The molecule has 2 aromatic rings. The Morgan fingerprint density at radius 1 is 1.27 bits per heavy atom. The van der Waals surface area contributed by atoms with Gasteiger partial charge >= 0.3 is 0 Å². The molecule has 1 N–H and O–H groups in total. The highest BCUT2D eigenvalue weighted by molar-refractivity contribution is 6.31. The van der Waals surface area contributed by atoms with Crippen molar-refractivity contribution in [1.82, 2.24) is 0 Å². The number of rotatable bonds is 4. The second-order valence-electron chi connectivity index (χ2n) is 4.30. The Kier molecular flexibility index (Phi) is 4.81. The molecule has 1 unspecified atom stereocenters. The average molecular weight is 340 g/mol. The number of halogens is 3. The van der Waals surface area contributed by atoms with Crippen LogP contribution in [0, 0.1) is 27.3 Å². The van der Waals surface area contributed by atoms with E-state index in [0.29, 0.717) is 5.69 Å². The molecule has 0 amide bonds. The molecule has 22 heavy (non-hydrogen) atoms. The predicted molar refractivity (Wildman–Crippen MR) is 81.5 cm³/mol. The molecule has 2 rings (SSSR count). The normalized spacial score (nSPS) is 11.5. The minimum atomic E-state index is -1.04. The number of nitro groups is 1. The number of nitriles is 1. The number of nitro benzene ring substituents is 1. The second-order valence-corrected chi connectivity index (χ2v) is 5.14. The van der Waals surface area contributed by atoms with E-state index in [-0.39, 0.29) is 21.3 Å². The minimum absolute atomic E-state index is 0.112. The number of hydrogen-bond donors (Lipinski definition) is 1. The molecule has 0 saturated heterocycles. The van der Waals surface area contributed by atoms with Crippen LogP contribution in [-0.2, 0) is 0 Å². The molecule has 112 valence electrons. The summed E-state index contributed by atoms with van der Waals surface area (Å²) in [6, 6.07) is 8.60. The molecule has 0 aliphatic rings. The average Bonchev–Trinajstić information content (AvgIpc) is 2.48. The van der Waals surface area contributed by atoms with Crippen LogP contribution in [0.1, 0.15) is 11.6 Å². The maximum atomic E-state index is 13.1. The van der Waals surface area contributed by atoms with E-state index in [1.165, 1.54) is 30.3 Å². The van der Waals surface area contributed by atoms with Gasteiger partial charge in [0, 0.05) is 16.8 Å². The fourth-order valence-corrected chi connectivity index (χ4v) is 2.22. The van der Waals surface area contributed by atoms with Crippen LogP contribution in [0.15, 0.2) is 36.4 Å². The molecule has 0 aromatic heterocycles. The summed E-state index contributed by atoms with van der Waals surface area (Å²) >= 11 is 11.5. The molecule has 0 spiro atoms. The predicted octanol–water partition coefficient (Wildman–Crippen LogP) is 4.72. The first-order valence-electron chi connectivity index (χ1n) is 5.97. The van der Waals surface area contributed by atoms with Gasteiger partial charge in [0.2, 0.25) is 0 Å². The third-order valence-electron chi connectivity index (χ3n) is 2.86. The molecular formula is C14H8Cl2FN3O2. The monoisotopic (exact) mass is 339 g/mol. The summed E-state index contributed by atoms with van der Waals surface area (Å²) in [5.74, 6) is -0.602. The smallest absolute Gasteiger partial charge is 0.275 e. The van der Waals surface area contributed by atoms with Crippen LogP contribution < -0.4 is 5.32 Å². The minimum Gasteiger partial charge on any atom is -0.366 e. The van der Waals surface area contributed by atoms with E-state index < -0.39 is 16.8 Å². The highest BCUT2D eigenvalue weighted by Crippen LogP contribution is 2.31. The molecule has 0 fully saturated rings. The largest absolute Gasteiger partial charge is 0.366 e. The van der Waals surface area contributed by atoms with Gasteiger partial charge in [-0.1, -0.05) is 23.2 Å².